The highest BCUT2D eigenvalue weighted by atomic mass is 35.5. The molecule has 144 valence electrons. The maximum absolute atomic E-state index is 12.3. The number of nitrogens with one attached hydrogen (secondary N) is 1. The lowest BCUT2D eigenvalue weighted by molar-refractivity contribution is -0.117. The summed E-state index contributed by atoms with van der Waals surface area (Å²) in [5, 5.41) is 6.78. The van der Waals surface area contributed by atoms with Crippen molar-refractivity contribution in [1.29, 1.82) is 0 Å². The second kappa shape index (κ2) is 8.89. The van der Waals surface area contributed by atoms with Gasteiger partial charge in [0.05, 0.1) is 5.69 Å². The Morgan fingerprint density at radius 1 is 1.00 bits per heavy atom. The van der Waals surface area contributed by atoms with E-state index in [0.717, 1.165) is 32.5 Å². The van der Waals surface area contributed by atoms with E-state index in [-0.39, 0.29) is 5.91 Å². The zero-order valence-electron chi connectivity index (χ0n) is 15.7. The van der Waals surface area contributed by atoms with E-state index in [4.69, 9.17) is 16.6 Å². The molecule has 0 spiro atoms. The fourth-order valence-electron chi connectivity index (χ4n) is 3.72. The standard InChI is InChI=1S/C23H23ClN2OS/c24-19-10-6-18(7-11-19)23-26-21(15-28-23)17-8-12-20(13-9-17)25-22(27)14-16-4-2-1-3-5-16/h6-13,15-16H,1-5,14H2,(H,25,27). The van der Waals surface area contributed by atoms with Crippen LogP contribution in [0.4, 0.5) is 5.69 Å². The molecule has 1 N–H and O–H groups in total. The van der Waals surface area contributed by atoms with E-state index in [9.17, 15) is 4.79 Å². The number of hydrogen-bond donors (Lipinski definition) is 1. The third-order valence-corrected chi connectivity index (χ3v) is 6.40. The first-order chi connectivity index (χ1) is 13.7. The number of anilines is 1. The molecule has 3 nitrogen and oxygen atoms in total. The molecule has 0 atom stereocenters. The van der Waals surface area contributed by atoms with Gasteiger partial charge in [0.1, 0.15) is 5.01 Å². The second-order valence-electron chi connectivity index (χ2n) is 7.38. The Balaban J connectivity index is 1.39. The quantitative estimate of drug-likeness (QED) is 0.490. The number of aromatic nitrogens is 1. The van der Waals surface area contributed by atoms with Crippen LogP contribution >= 0.6 is 22.9 Å². The van der Waals surface area contributed by atoms with Crippen molar-refractivity contribution in [2.45, 2.75) is 38.5 Å². The summed E-state index contributed by atoms with van der Waals surface area (Å²) in [6.07, 6.45) is 6.85. The molecule has 3 aromatic rings. The number of amides is 1. The van der Waals surface area contributed by atoms with Gasteiger partial charge in [-0.2, -0.15) is 0 Å². The zero-order chi connectivity index (χ0) is 19.3. The summed E-state index contributed by atoms with van der Waals surface area (Å²) in [7, 11) is 0. The minimum Gasteiger partial charge on any atom is -0.326 e. The van der Waals surface area contributed by atoms with E-state index in [2.05, 4.69) is 10.7 Å². The van der Waals surface area contributed by atoms with E-state index in [1.807, 2.05) is 48.5 Å². The number of hydrogen-bond acceptors (Lipinski definition) is 3. The molecular weight excluding hydrogens is 388 g/mol. The van der Waals surface area contributed by atoms with Crippen LogP contribution in [0.15, 0.2) is 53.9 Å². The Bertz CT molecular complexity index is 928. The first-order valence-corrected chi connectivity index (χ1v) is 11.0. The smallest absolute Gasteiger partial charge is 0.224 e. The third-order valence-electron chi connectivity index (χ3n) is 5.26. The summed E-state index contributed by atoms with van der Waals surface area (Å²) >= 11 is 7.57. The lowest BCUT2D eigenvalue weighted by atomic mass is 9.87. The Labute approximate surface area is 174 Å². The number of thiazole rings is 1. The fraction of sp³-hybridized carbons (Fsp3) is 0.304. The number of nitrogens with zero attached hydrogens (tertiary/aromatic N) is 1. The normalized spacial score (nSPS) is 14.8. The maximum atomic E-state index is 12.3. The Kier molecular flexibility index (Phi) is 6.08. The molecule has 1 aromatic heterocycles. The minimum atomic E-state index is 0.123. The largest absolute Gasteiger partial charge is 0.326 e. The van der Waals surface area contributed by atoms with Gasteiger partial charge in [-0.25, -0.2) is 4.98 Å². The molecule has 4 rings (SSSR count). The molecule has 1 aliphatic rings. The molecule has 1 amide bonds. The molecule has 0 radical (unpaired) electrons. The third kappa shape index (κ3) is 4.81. The van der Waals surface area contributed by atoms with E-state index >= 15 is 0 Å². The van der Waals surface area contributed by atoms with Crippen molar-refractivity contribution >= 4 is 34.5 Å². The predicted molar refractivity (Wildman–Crippen MR) is 118 cm³/mol. The Hall–Kier alpha value is -2.17. The average Bonchev–Trinajstić information content (AvgIpc) is 3.20. The number of benzene rings is 2. The van der Waals surface area contributed by atoms with Gasteiger partial charge in [0, 0.05) is 33.6 Å². The fourth-order valence-corrected chi connectivity index (χ4v) is 4.68. The first-order valence-electron chi connectivity index (χ1n) is 9.79. The van der Waals surface area contributed by atoms with Crippen LogP contribution in [0.25, 0.3) is 21.8 Å². The summed E-state index contributed by atoms with van der Waals surface area (Å²) in [6.45, 7) is 0. The van der Waals surface area contributed by atoms with Gasteiger partial charge in [0.25, 0.3) is 0 Å². The SMILES string of the molecule is O=C(CC1CCCCC1)Nc1ccc(-c2csc(-c3ccc(Cl)cc3)n2)cc1. The van der Waals surface area contributed by atoms with Gasteiger partial charge in [-0.1, -0.05) is 55.1 Å². The van der Waals surface area contributed by atoms with Gasteiger partial charge in [0.15, 0.2) is 0 Å². The zero-order valence-corrected chi connectivity index (χ0v) is 17.2. The molecule has 0 saturated heterocycles. The van der Waals surface area contributed by atoms with Gasteiger partial charge in [-0.3, -0.25) is 4.79 Å². The maximum Gasteiger partial charge on any atom is 0.224 e. The molecule has 28 heavy (non-hydrogen) atoms. The number of rotatable bonds is 5. The van der Waals surface area contributed by atoms with Crippen LogP contribution in [-0.4, -0.2) is 10.9 Å². The summed E-state index contributed by atoms with van der Waals surface area (Å²) in [6, 6.07) is 15.6. The van der Waals surface area contributed by atoms with Crippen LogP contribution in [0, 0.1) is 5.92 Å². The van der Waals surface area contributed by atoms with E-state index in [1.165, 1.54) is 32.1 Å². The van der Waals surface area contributed by atoms with Gasteiger partial charge in [0.2, 0.25) is 5.91 Å². The van der Waals surface area contributed by atoms with E-state index < -0.39 is 0 Å². The molecule has 5 heteroatoms. The Morgan fingerprint density at radius 3 is 2.39 bits per heavy atom. The summed E-state index contributed by atoms with van der Waals surface area (Å²) in [4.78, 5) is 17.0. The molecule has 1 aliphatic carbocycles. The number of carbonyl (C=O) groups excluding carboxylic acids is 1. The first kappa shape index (κ1) is 19.2. The topological polar surface area (TPSA) is 42.0 Å². The second-order valence-corrected chi connectivity index (χ2v) is 8.67. The van der Waals surface area contributed by atoms with Gasteiger partial charge >= 0.3 is 0 Å². The summed E-state index contributed by atoms with van der Waals surface area (Å²) in [5.74, 6) is 0.674. The monoisotopic (exact) mass is 410 g/mol. The van der Waals surface area contributed by atoms with Crippen molar-refractivity contribution in [3.8, 4) is 21.8 Å². The van der Waals surface area contributed by atoms with Crippen molar-refractivity contribution in [2.24, 2.45) is 5.92 Å². The van der Waals surface area contributed by atoms with Gasteiger partial charge < -0.3 is 5.32 Å². The highest BCUT2D eigenvalue weighted by Crippen LogP contribution is 2.30. The van der Waals surface area contributed by atoms with Crippen molar-refractivity contribution in [1.82, 2.24) is 4.98 Å². The molecule has 1 fully saturated rings. The Morgan fingerprint density at radius 2 is 1.68 bits per heavy atom. The summed E-state index contributed by atoms with van der Waals surface area (Å²) in [5.41, 5.74) is 3.89. The molecular formula is C23H23ClN2OS. The van der Waals surface area contributed by atoms with Crippen molar-refractivity contribution in [3.63, 3.8) is 0 Å². The van der Waals surface area contributed by atoms with Crippen LogP contribution in [0.3, 0.4) is 0 Å². The predicted octanol–water partition coefficient (Wildman–Crippen LogP) is 7.04. The van der Waals surface area contributed by atoms with Gasteiger partial charge in [-0.05, 0) is 43.0 Å². The van der Waals surface area contributed by atoms with Crippen LogP contribution in [0.1, 0.15) is 38.5 Å². The number of carbonyl (C=O) groups is 1. The molecule has 1 heterocycles. The molecule has 0 bridgehead atoms. The van der Waals surface area contributed by atoms with Crippen LogP contribution in [-0.2, 0) is 4.79 Å². The van der Waals surface area contributed by atoms with Crippen LogP contribution in [0.5, 0.6) is 0 Å². The highest BCUT2D eigenvalue weighted by Gasteiger charge is 2.17. The molecule has 1 saturated carbocycles. The van der Waals surface area contributed by atoms with Crippen LogP contribution < -0.4 is 5.32 Å². The molecule has 2 aromatic carbocycles. The molecule has 0 unspecified atom stereocenters. The lowest BCUT2D eigenvalue weighted by Gasteiger charge is -2.20. The highest BCUT2D eigenvalue weighted by molar-refractivity contribution is 7.13. The summed E-state index contributed by atoms with van der Waals surface area (Å²) < 4.78 is 0. The molecule has 0 aliphatic heterocycles. The van der Waals surface area contributed by atoms with Crippen molar-refractivity contribution in [2.75, 3.05) is 5.32 Å². The lowest BCUT2D eigenvalue weighted by Crippen LogP contribution is -2.18. The van der Waals surface area contributed by atoms with E-state index in [0.29, 0.717) is 12.3 Å². The van der Waals surface area contributed by atoms with E-state index in [1.54, 1.807) is 11.3 Å². The van der Waals surface area contributed by atoms with Crippen LogP contribution in [0.2, 0.25) is 5.02 Å². The number of halogens is 1. The average molecular weight is 411 g/mol. The van der Waals surface area contributed by atoms with Gasteiger partial charge in [-0.15, -0.1) is 11.3 Å². The van der Waals surface area contributed by atoms with Crippen molar-refractivity contribution < 1.29 is 4.79 Å². The minimum absolute atomic E-state index is 0.123. The van der Waals surface area contributed by atoms with Crippen molar-refractivity contribution in [3.05, 3.63) is 58.9 Å².